The zero-order valence-electron chi connectivity index (χ0n) is 9.99. The Bertz CT molecular complexity index is 461. The highest BCUT2D eigenvalue weighted by atomic mass is 16.5. The molecule has 0 N–H and O–H groups in total. The van der Waals surface area contributed by atoms with Crippen molar-refractivity contribution in [1.29, 1.82) is 0 Å². The van der Waals surface area contributed by atoms with Crippen molar-refractivity contribution in [3.05, 3.63) is 23.8 Å². The van der Waals surface area contributed by atoms with Crippen LogP contribution in [0.4, 0.5) is 0 Å². The zero-order valence-corrected chi connectivity index (χ0v) is 9.99. The number of ether oxygens (including phenoxy) is 2. The van der Waals surface area contributed by atoms with E-state index >= 15 is 0 Å². The Labute approximate surface area is 101 Å². The number of ketones is 1. The zero-order chi connectivity index (χ0) is 11.9. The Kier molecular flexibility index (Phi) is 2.35. The SMILES string of the molecule is CC1(C(=O)c2ccc3c(c2)OCCCO3)CC1. The lowest BCUT2D eigenvalue weighted by molar-refractivity contribution is 0.0912. The highest BCUT2D eigenvalue weighted by Gasteiger charge is 2.45. The number of rotatable bonds is 2. The predicted octanol–water partition coefficient (Wildman–Crippen LogP) is 2.83. The molecule has 1 aromatic carbocycles. The summed E-state index contributed by atoms with van der Waals surface area (Å²) in [4.78, 5) is 12.2. The van der Waals surface area contributed by atoms with Gasteiger partial charge in [0, 0.05) is 17.4 Å². The third kappa shape index (κ3) is 1.90. The molecule has 1 aromatic rings. The van der Waals surface area contributed by atoms with Gasteiger partial charge in [0.25, 0.3) is 0 Å². The van der Waals surface area contributed by atoms with Gasteiger partial charge < -0.3 is 9.47 Å². The maximum absolute atomic E-state index is 12.2. The first-order valence-electron chi connectivity index (χ1n) is 6.13. The summed E-state index contributed by atoms with van der Waals surface area (Å²) in [5, 5.41) is 0. The van der Waals surface area contributed by atoms with Gasteiger partial charge in [0.05, 0.1) is 13.2 Å². The van der Waals surface area contributed by atoms with E-state index < -0.39 is 0 Å². The molecule has 0 bridgehead atoms. The van der Waals surface area contributed by atoms with Crippen LogP contribution in [0.3, 0.4) is 0 Å². The van der Waals surface area contributed by atoms with Gasteiger partial charge in [-0.15, -0.1) is 0 Å². The molecule has 0 saturated heterocycles. The monoisotopic (exact) mass is 232 g/mol. The van der Waals surface area contributed by atoms with Gasteiger partial charge in [-0.3, -0.25) is 4.79 Å². The standard InChI is InChI=1S/C14H16O3/c1-14(5-6-14)13(15)10-3-4-11-12(9-10)17-8-2-7-16-11/h3-4,9H,2,5-8H2,1H3. The van der Waals surface area contributed by atoms with Gasteiger partial charge in [-0.05, 0) is 31.0 Å². The maximum atomic E-state index is 12.2. The Morgan fingerprint density at radius 3 is 2.59 bits per heavy atom. The summed E-state index contributed by atoms with van der Waals surface area (Å²) in [6, 6.07) is 5.52. The van der Waals surface area contributed by atoms with E-state index in [1.807, 2.05) is 25.1 Å². The van der Waals surface area contributed by atoms with Gasteiger partial charge in [-0.1, -0.05) is 6.92 Å². The van der Waals surface area contributed by atoms with Crippen LogP contribution in [0, 0.1) is 5.41 Å². The van der Waals surface area contributed by atoms with E-state index in [1.165, 1.54) is 0 Å². The van der Waals surface area contributed by atoms with Crippen molar-refractivity contribution in [3.8, 4) is 11.5 Å². The van der Waals surface area contributed by atoms with Crippen molar-refractivity contribution in [2.75, 3.05) is 13.2 Å². The topological polar surface area (TPSA) is 35.5 Å². The van der Waals surface area contributed by atoms with Crippen LogP contribution in [-0.4, -0.2) is 19.0 Å². The summed E-state index contributed by atoms with van der Waals surface area (Å²) < 4.78 is 11.1. The largest absolute Gasteiger partial charge is 0.490 e. The van der Waals surface area contributed by atoms with Crippen molar-refractivity contribution in [1.82, 2.24) is 0 Å². The highest BCUT2D eigenvalue weighted by molar-refractivity contribution is 6.02. The second-order valence-electron chi connectivity index (χ2n) is 5.10. The average Bonchev–Trinajstić information content (AvgIpc) is 3.11. The minimum absolute atomic E-state index is 0.125. The van der Waals surface area contributed by atoms with E-state index in [4.69, 9.17) is 9.47 Å². The summed E-state index contributed by atoms with van der Waals surface area (Å²) in [6.07, 6.45) is 2.89. The minimum Gasteiger partial charge on any atom is -0.490 e. The molecule has 0 atom stereocenters. The fourth-order valence-corrected chi connectivity index (χ4v) is 2.07. The Morgan fingerprint density at radius 2 is 1.88 bits per heavy atom. The summed E-state index contributed by atoms with van der Waals surface area (Å²) >= 11 is 0. The first-order valence-corrected chi connectivity index (χ1v) is 6.13. The first kappa shape index (κ1) is 10.6. The number of hydrogen-bond acceptors (Lipinski definition) is 3. The van der Waals surface area contributed by atoms with Gasteiger partial charge in [0.15, 0.2) is 17.3 Å². The number of hydrogen-bond donors (Lipinski definition) is 0. The molecule has 2 aliphatic rings. The Morgan fingerprint density at radius 1 is 1.18 bits per heavy atom. The molecule has 0 amide bonds. The van der Waals surface area contributed by atoms with E-state index in [-0.39, 0.29) is 11.2 Å². The lowest BCUT2D eigenvalue weighted by Gasteiger charge is -2.11. The average molecular weight is 232 g/mol. The van der Waals surface area contributed by atoms with Crippen LogP contribution in [0.1, 0.15) is 36.5 Å². The highest BCUT2D eigenvalue weighted by Crippen LogP contribution is 2.48. The quantitative estimate of drug-likeness (QED) is 0.735. The third-order valence-corrected chi connectivity index (χ3v) is 3.56. The number of benzene rings is 1. The van der Waals surface area contributed by atoms with Crippen LogP contribution in [0.25, 0.3) is 0 Å². The van der Waals surface area contributed by atoms with E-state index in [0.717, 1.165) is 30.6 Å². The lowest BCUT2D eigenvalue weighted by atomic mass is 9.96. The van der Waals surface area contributed by atoms with Crippen LogP contribution < -0.4 is 9.47 Å². The maximum Gasteiger partial charge on any atom is 0.168 e. The number of carbonyl (C=O) groups is 1. The van der Waals surface area contributed by atoms with Crippen molar-refractivity contribution in [3.63, 3.8) is 0 Å². The van der Waals surface area contributed by atoms with Crippen molar-refractivity contribution < 1.29 is 14.3 Å². The third-order valence-electron chi connectivity index (χ3n) is 3.56. The normalized spacial score (nSPS) is 20.5. The lowest BCUT2D eigenvalue weighted by Crippen LogP contribution is -2.12. The smallest absolute Gasteiger partial charge is 0.168 e. The molecule has 1 aliphatic heterocycles. The molecule has 0 unspecified atom stereocenters. The van der Waals surface area contributed by atoms with Gasteiger partial charge in [0.2, 0.25) is 0 Å². The predicted molar refractivity (Wildman–Crippen MR) is 63.7 cm³/mol. The molecule has 3 rings (SSSR count). The second-order valence-corrected chi connectivity index (χ2v) is 5.10. The van der Waals surface area contributed by atoms with Crippen LogP contribution >= 0.6 is 0 Å². The molecule has 3 nitrogen and oxygen atoms in total. The van der Waals surface area contributed by atoms with Crippen LogP contribution in [-0.2, 0) is 0 Å². The molecule has 0 radical (unpaired) electrons. The number of Topliss-reactive ketones (excluding diaryl/α,β-unsaturated/α-hetero) is 1. The fraction of sp³-hybridized carbons (Fsp3) is 0.500. The van der Waals surface area contributed by atoms with E-state index in [0.29, 0.717) is 19.0 Å². The summed E-state index contributed by atoms with van der Waals surface area (Å²) in [5.41, 5.74) is 0.620. The molecule has 1 saturated carbocycles. The van der Waals surface area contributed by atoms with Crippen LogP contribution in [0.15, 0.2) is 18.2 Å². The molecule has 1 fully saturated rings. The Balaban J connectivity index is 1.92. The van der Waals surface area contributed by atoms with E-state index in [1.54, 1.807) is 0 Å². The molecule has 1 heterocycles. The van der Waals surface area contributed by atoms with E-state index in [2.05, 4.69) is 0 Å². The summed E-state index contributed by atoms with van der Waals surface area (Å²) in [6.45, 7) is 3.36. The second kappa shape index (κ2) is 3.76. The number of fused-ring (bicyclic) bond motifs is 1. The van der Waals surface area contributed by atoms with Gasteiger partial charge in [0.1, 0.15) is 0 Å². The molecular formula is C14H16O3. The van der Waals surface area contributed by atoms with Crippen LogP contribution in [0.2, 0.25) is 0 Å². The number of carbonyl (C=O) groups excluding carboxylic acids is 1. The van der Waals surface area contributed by atoms with Crippen molar-refractivity contribution >= 4 is 5.78 Å². The summed E-state index contributed by atoms with van der Waals surface area (Å²) in [5.74, 6) is 1.69. The summed E-state index contributed by atoms with van der Waals surface area (Å²) in [7, 11) is 0. The molecule has 90 valence electrons. The molecular weight excluding hydrogens is 216 g/mol. The van der Waals surface area contributed by atoms with E-state index in [9.17, 15) is 4.79 Å². The van der Waals surface area contributed by atoms with Crippen molar-refractivity contribution in [2.24, 2.45) is 5.41 Å². The molecule has 1 aliphatic carbocycles. The molecule has 17 heavy (non-hydrogen) atoms. The van der Waals surface area contributed by atoms with Gasteiger partial charge in [-0.25, -0.2) is 0 Å². The fourth-order valence-electron chi connectivity index (χ4n) is 2.07. The first-order chi connectivity index (χ1) is 8.19. The van der Waals surface area contributed by atoms with Gasteiger partial charge >= 0.3 is 0 Å². The van der Waals surface area contributed by atoms with Crippen molar-refractivity contribution in [2.45, 2.75) is 26.2 Å². The Hall–Kier alpha value is -1.51. The molecule has 3 heteroatoms. The molecule has 0 spiro atoms. The molecule has 0 aromatic heterocycles. The minimum atomic E-state index is -0.125. The van der Waals surface area contributed by atoms with Gasteiger partial charge in [-0.2, -0.15) is 0 Å². The van der Waals surface area contributed by atoms with Crippen LogP contribution in [0.5, 0.6) is 11.5 Å².